The van der Waals surface area contributed by atoms with E-state index in [1.807, 2.05) is 0 Å². The Kier molecular flexibility index (Phi) is 7.27. The van der Waals surface area contributed by atoms with Crippen LogP contribution in [0.1, 0.15) is 23.2 Å². The van der Waals surface area contributed by atoms with Crippen molar-refractivity contribution in [1.82, 2.24) is 15.5 Å². The highest BCUT2D eigenvalue weighted by Gasteiger charge is 2.62. The lowest BCUT2D eigenvalue weighted by Gasteiger charge is -2.55. The predicted molar refractivity (Wildman–Crippen MR) is 111 cm³/mol. The average Bonchev–Trinajstić information content (AvgIpc) is 2.72. The highest BCUT2D eigenvalue weighted by Crippen LogP contribution is 2.48. The van der Waals surface area contributed by atoms with Crippen molar-refractivity contribution in [2.24, 2.45) is 5.41 Å². The number of imide groups is 1. The first-order chi connectivity index (χ1) is 16.2. The summed E-state index contributed by atoms with van der Waals surface area (Å²) in [5.41, 5.74) is -0.604. The van der Waals surface area contributed by atoms with Crippen LogP contribution in [0.2, 0.25) is 5.02 Å². The average molecular weight is 527 g/mol. The molecule has 3 aliphatic rings. The monoisotopic (exact) mass is 526 g/mol. The second-order valence-corrected chi connectivity index (χ2v) is 8.70. The Morgan fingerprint density at radius 3 is 2.31 bits per heavy atom. The van der Waals surface area contributed by atoms with E-state index in [0.717, 1.165) is 0 Å². The second kappa shape index (κ2) is 9.57. The molecule has 4 rings (SSSR count). The third kappa shape index (κ3) is 5.48. The number of rotatable bonds is 2. The molecule has 0 radical (unpaired) electrons. The Hall–Kier alpha value is -3.00. The van der Waals surface area contributed by atoms with Crippen molar-refractivity contribution in [2.75, 3.05) is 37.6 Å². The van der Waals surface area contributed by atoms with Crippen molar-refractivity contribution < 1.29 is 46.2 Å². The van der Waals surface area contributed by atoms with E-state index < -0.39 is 29.5 Å². The van der Waals surface area contributed by atoms with E-state index >= 15 is 0 Å². The Morgan fingerprint density at radius 2 is 1.77 bits per heavy atom. The summed E-state index contributed by atoms with van der Waals surface area (Å²) in [6.45, 7) is 0.275. The van der Waals surface area contributed by atoms with Crippen LogP contribution < -0.4 is 15.5 Å². The van der Waals surface area contributed by atoms with Gasteiger partial charge in [0.25, 0.3) is 11.8 Å². The molecule has 0 saturated carbocycles. The van der Waals surface area contributed by atoms with Crippen LogP contribution in [0, 0.1) is 5.41 Å². The summed E-state index contributed by atoms with van der Waals surface area (Å²) in [6, 6.07) is 3.85. The normalized spacial score (nSPS) is 21.0. The van der Waals surface area contributed by atoms with E-state index in [1.54, 1.807) is 0 Å². The number of anilines is 1. The summed E-state index contributed by atoms with van der Waals surface area (Å²) in [6.07, 6.45) is -4.64. The van der Waals surface area contributed by atoms with Gasteiger partial charge < -0.3 is 15.3 Å². The zero-order chi connectivity index (χ0) is 26.2. The number of carboxylic acids is 1. The van der Waals surface area contributed by atoms with E-state index in [-0.39, 0.29) is 55.0 Å². The van der Waals surface area contributed by atoms with Crippen molar-refractivity contribution >= 4 is 41.1 Å². The molecule has 15 heteroatoms. The molecule has 35 heavy (non-hydrogen) atoms. The highest BCUT2D eigenvalue weighted by molar-refractivity contribution is 6.34. The molecule has 3 heterocycles. The van der Waals surface area contributed by atoms with E-state index in [2.05, 4.69) is 10.6 Å². The third-order valence-electron chi connectivity index (χ3n) is 5.96. The lowest BCUT2D eigenvalue weighted by atomic mass is 9.69. The number of amides is 4. The number of benzene rings is 1. The number of carboxylic acid groups (broad SMARTS) is 1. The van der Waals surface area contributed by atoms with E-state index in [1.165, 1.54) is 28.0 Å². The van der Waals surface area contributed by atoms with Crippen molar-refractivity contribution in [1.29, 1.82) is 0 Å². The molecule has 3 saturated heterocycles. The molecule has 0 aliphatic carbocycles. The topological polar surface area (TPSA) is 119 Å². The van der Waals surface area contributed by atoms with Gasteiger partial charge in [0.15, 0.2) is 0 Å². The first-order valence-corrected chi connectivity index (χ1v) is 10.6. The Bertz CT molecular complexity index is 1050. The Morgan fingerprint density at radius 1 is 1.14 bits per heavy atom. The first kappa shape index (κ1) is 26.6. The molecule has 1 aromatic carbocycles. The fraction of sp³-hybridized carbons (Fsp3) is 0.500. The lowest BCUT2D eigenvalue weighted by molar-refractivity contribution is -0.192. The Labute approximate surface area is 200 Å². The number of alkyl halides is 5. The number of hydrogen-bond acceptors (Lipinski definition) is 5. The SMILES string of the molecule is O=C(O)C(F)(F)F.O=C1CCN(c2cc(C(=O)N3CC4(CCNCC4(F)F)C3)ccc2Cl)C(=O)N1. The smallest absolute Gasteiger partial charge is 0.475 e. The second-order valence-electron chi connectivity index (χ2n) is 8.30. The molecule has 0 unspecified atom stereocenters. The van der Waals surface area contributed by atoms with Crippen LogP contribution in [-0.4, -0.2) is 78.6 Å². The number of aliphatic carboxylic acids is 1. The molecule has 192 valence electrons. The zero-order valence-corrected chi connectivity index (χ0v) is 18.7. The van der Waals surface area contributed by atoms with Gasteiger partial charge in [0.1, 0.15) is 0 Å². The van der Waals surface area contributed by atoms with E-state index in [4.69, 9.17) is 21.5 Å². The predicted octanol–water partition coefficient (Wildman–Crippen LogP) is 2.49. The molecule has 3 N–H and O–H groups in total. The van der Waals surface area contributed by atoms with E-state index in [9.17, 15) is 36.3 Å². The minimum Gasteiger partial charge on any atom is -0.475 e. The first-order valence-electron chi connectivity index (χ1n) is 10.3. The molecular weight excluding hydrogens is 507 g/mol. The molecule has 9 nitrogen and oxygen atoms in total. The number of nitrogens with one attached hydrogen (secondary N) is 2. The van der Waals surface area contributed by atoms with Crippen molar-refractivity contribution in [3.05, 3.63) is 28.8 Å². The maximum absolute atomic E-state index is 14.3. The quantitative estimate of drug-likeness (QED) is 0.510. The maximum atomic E-state index is 14.3. The molecule has 0 aromatic heterocycles. The molecule has 1 spiro atoms. The molecule has 0 bridgehead atoms. The van der Waals surface area contributed by atoms with Gasteiger partial charge in [-0.2, -0.15) is 13.2 Å². The zero-order valence-electron chi connectivity index (χ0n) is 17.9. The fourth-order valence-electron chi connectivity index (χ4n) is 3.99. The standard InChI is InChI=1S/C18H19ClF2N4O3.C2HF3O2/c19-12-2-1-11(7-13(12)25-6-3-14(26)23-16(25)28)15(27)24-9-17(10-24)4-5-22-8-18(17,20)21;3-2(4,5)1(6)7/h1-2,7,22H,3-6,8-10H2,(H,23,26,28);(H,6,7). The van der Waals surface area contributed by atoms with Crippen LogP contribution in [0.5, 0.6) is 0 Å². The van der Waals surface area contributed by atoms with Crippen molar-refractivity contribution in [2.45, 2.75) is 24.9 Å². The summed E-state index contributed by atoms with van der Waals surface area (Å²) in [4.78, 5) is 47.8. The fourth-order valence-corrected chi connectivity index (χ4v) is 4.21. The number of carbonyl (C=O) groups is 4. The van der Waals surface area contributed by atoms with Gasteiger partial charge in [-0.1, -0.05) is 11.6 Å². The number of piperidine rings is 1. The molecular formula is C20H20ClF5N4O5. The van der Waals surface area contributed by atoms with Crippen LogP contribution in [0.15, 0.2) is 18.2 Å². The van der Waals surface area contributed by atoms with Gasteiger partial charge in [-0.05, 0) is 31.2 Å². The number of nitrogens with zero attached hydrogens (tertiary/aromatic N) is 2. The molecule has 0 atom stereocenters. The summed E-state index contributed by atoms with van der Waals surface area (Å²) >= 11 is 6.18. The minimum atomic E-state index is -5.08. The number of hydrogen-bond donors (Lipinski definition) is 3. The van der Waals surface area contributed by atoms with Gasteiger partial charge in [-0.3, -0.25) is 19.8 Å². The Balaban J connectivity index is 0.000000429. The number of urea groups is 1. The minimum absolute atomic E-state index is 0.00280. The largest absolute Gasteiger partial charge is 0.490 e. The van der Waals surface area contributed by atoms with Crippen LogP contribution in [0.3, 0.4) is 0 Å². The van der Waals surface area contributed by atoms with E-state index in [0.29, 0.717) is 18.7 Å². The summed E-state index contributed by atoms with van der Waals surface area (Å²) < 4.78 is 60.3. The third-order valence-corrected chi connectivity index (χ3v) is 6.28. The van der Waals surface area contributed by atoms with Crippen molar-refractivity contribution in [3.63, 3.8) is 0 Å². The van der Waals surface area contributed by atoms with Gasteiger partial charge >= 0.3 is 18.2 Å². The highest BCUT2D eigenvalue weighted by atomic mass is 35.5. The van der Waals surface area contributed by atoms with Crippen LogP contribution in [-0.2, 0) is 9.59 Å². The van der Waals surface area contributed by atoms with Crippen LogP contribution in [0.25, 0.3) is 0 Å². The maximum Gasteiger partial charge on any atom is 0.490 e. The molecule has 1 aromatic rings. The van der Waals surface area contributed by atoms with Gasteiger partial charge in [0.2, 0.25) is 5.91 Å². The van der Waals surface area contributed by atoms with Gasteiger partial charge in [0.05, 0.1) is 22.7 Å². The number of halogens is 6. The van der Waals surface area contributed by atoms with Gasteiger partial charge in [-0.15, -0.1) is 0 Å². The number of carbonyl (C=O) groups excluding carboxylic acids is 3. The summed E-state index contributed by atoms with van der Waals surface area (Å²) in [5, 5.41) is 12.3. The molecule has 4 amide bonds. The number of likely N-dealkylation sites (tertiary alicyclic amines) is 1. The lowest BCUT2D eigenvalue weighted by Crippen LogP contribution is -2.70. The summed E-state index contributed by atoms with van der Waals surface area (Å²) in [7, 11) is 0. The van der Waals surface area contributed by atoms with Gasteiger partial charge in [-0.25, -0.2) is 18.4 Å². The van der Waals surface area contributed by atoms with Crippen LogP contribution >= 0.6 is 11.6 Å². The summed E-state index contributed by atoms with van der Waals surface area (Å²) in [5.74, 6) is -6.37. The molecule has 3 aliphatic heterocycles. The van der Waals surface area contributed by atoms with Crippen molar-refractivity contribution in [3.8, 4) is 0 Å². The molecule has 3 fully saturated rings. The van der Waals surface area contributed by atoms with Gasteiger partial charge in [0, 0.05) is 31.6 Å². The van der Waals surface area contributed by atoms with Crippen LogP contribution in [0.4, 0.5) is 32.4 Å².